The van der Waals surface area contributed by atoms with Crippen molar-refractivity contribution in [3.63, 3.8) is 0 Å². The first-order valence-electron chi connectivity index (χ1n) is 6.57. The van der Waals surface area contributed by atoms with E-state index < -0.39 is 18.4 Å². The van der Waals surface area contributed by atoms with Crippen molar-refractivity contribution in [3.8, 4) is 0 Å². The minimum atomic E-state index is -1.11. The minimum Gasteiger partial charge on any atom is -0.480 e. The first-order chi connectivity index (χ1) is 9.04. The van der Waals surface area contributed by atoms with Gasteiger partial charge >= 0.3 is 12.0 Å². The lowest BCUT2D eigenvalue weighted by Gasteiger charge is -2.27. The molecule has 0 aromatic rings. The number of nitrogens with one attached hydrogen (secondary N) is 2. The van der Waals surface area contributed by atoms with Gasteiger partial charge < -0.3 is 20.6 Å². The summed E-state index contributed by atoms with van der Waals surface area (Å²) in [6.45, 7) is 1.87. The number of carbonyl (C=O) groups excluding carboxylic acids is 2. The smallest absolute Gasteiger partial charge is 0.322 e. The van der Waals surface area contributed by atoms with Crippen LogP contribution >= 0.6 is 0 Å². The molecule has 1 fully saturated rings. The summed E-state index contributed by atoms with van der Waals surface area (Å²) in [5.41, 5.74) is 0. The monoisotopic (exact) mass is 271 g/mol. The highest BCUT2D eigenvalue weighted by Crippen LogP contribution is 2.23. The van der Waals surface area contributed by atoms with Crippen LogP contribution in [0.1, 0.15) is 32.6 Å². The predicted molar refractivity (Wildman–Crippen MR) is 68.7 cm³/mol. The molecular weight excluding hydrogens is 250 g/mol. The second-order valence-corrected chi connectivity index (χ2v) is 4.55. The van der Waals surface area contributed by atoms with Crippen molar-refractivity contribution in [1.29, 1.82) is 0 Å². The van der Waals surface area contributed by atoms with Gasteiger partial charge in [-0.2, -0.15) is 0 Å². The molecule has 0 atom stereocenters. The third-order valence-corrected chi connectivity index (χ3v) is 3.20. The fourth-order valence-corrected chi connectivity index (χ4v) is 2.28. The number of carbonyl (C=O) groups is 3. The number of hydrogen-bond donors (Lipinski definition) is 3. The van der Waals surface area contributed by atoms with Gasteiger partial charge in [-0.1, -0.05) is 12.8 Å². The molecule has 0 radical (unpaired) electrons. The summed E-state index contributed by atoms with van der Waals surface area (Å²) < 4.78 is 0. The molecule has 7 heteroatoms. The molecule has 0 aliphatic heterocycles. The van der Waals surface area contributed by atoms with Gasteiger partial charge in [0.15, 0.2) is 0 Å². The number of carboxylic acids is 1. The van der Waals surface area contributed by atoms with Gasteiger partial charge in [0.2, 0.25) is 5.91 Å². The van der Waals surface area contributed by atoms with Crippen molar-refractivity contribution in [1.82, 2.24) is 15.5 Å². The van der Waals surface area contributed by atoms with Crippen LogP contribution in [0.2, 0.25) is 0 Å². The first-order valence-corrected chi connectivity index (χ1v) is 6.57. The molecule has 0 spiro atoms. The van der Waals surface area contributed by atoms with Crippen LogP contribution in [0.3, 0.4) is 0 Å². The van der Waals surface area contributed by atoms with Crippen LogP contribution in [-0.4, -0.2) is 53.6 Å². The number of aliphatic carboxylic acids is 1. The SMILES string of the molecule is CCN(C(=O)NCC(=O)NCC(=O)O)C1CCCC1. The predicted octanol–water partition coefficient (Wildman–Crippen LogP) is 0.161. The Bertz CT molecular complexity index is 340. The summed E-state index contributed by atoms with van der Waals surface area (Å²) in [5, 5.41) is 13.1. The molecule has 7 nitrogen and oxygen atoms in total. The second kappa shape index (κ2) is 7.60. The maximum absolute atomic E-state index is 11.9. The van der Waals surface area contributed by atoms with E-state index in [2.05, 4.69) is 10.6 Å². The molecule has 1 rings (SSSR count). The van der Waals surface area contributed by atoms with Gasteiger partial charge in [0.1, 0.15) is 6.54 Å². The van der Waals surface area contributed by atoms with Crippen molar-refractivity contribution in [3.05, 3.63) is 0 Å². The summed E-state index contributed by atoms with van der Waals surface area (Å²) in [6, 6.07) is -0.00745. The fraction of sp³-hybridized carbons (Fsp3) is 0.750. The first kappa shape index (κ1) is 15.3. The number of urea groups is 1. The van der Waals surface area contributed by atoms with Crippen LogP contribution in [-0.2, 0) is 9.59 Å². The topological polar surface area (TPSA) is 98.7 Å². The lowest BCUT2D eigenvalue weighted by molar-refractivity contribution is -0.137. The molecule has 1 aliphatic carbocycles. The van der Waals surface area contributed by atoms with Crippen LogP contribution in [0.4, 0.5) is 4.79 Å². The molecular formula is C12H21N3O4. The maximum Gasteiger partial charge on any atom is 0.322 e. The minimum absolute atomic E-state index is 0.199. The van der Waals surface area contributed by atoms with Crippen molar-refractivity contribution in [2.75, 3.05) is 19.6 Å². The number of amides is 3. The molecule has 0 aromatic heterocycles. The normalized spacial score (nSPS) is 15.0. The van der Waals surface area contributed by atoms with E-state index in [1.54, 1.807) is 4.90 Å². The Morgan fingerprint density at radius 2 is 1.79 bits per heavy atom. The molecule has 108 valence electrons. The molecule has 0 bridgehead atoms. The van der Waals surface area contributed by atoms with E-state index in [0.29, 0.717) is 6.54 Å². The summed E-state index contributed by atoms with van der Waals surface area (Å²) in [4.78, 5) is 35.2. The van der Waals surface area contributed by atoms with Crippen LogP contribution in [0.15, 0.2) is 0 Å². The van der Waals surface area contributed by atoms with E-state index in [4.69, 9.17) is 5.11 Å². The molecule has 1 saturated carbocycles. The van der Waals surface area contributed by atoms with Crippen LogP contribution < -0.4 is 10.6 Å². The Balaban J connectivity index is 2.32. The highest BCUT2D eigenvalue weighted by Gasteiger charge is 2.25. The third kappa shape index (κ3) is 5.15. The van der Waals surface area contributed by atoms with Gasteiger partial charge in [-0.05, 0) is 19.8 Å². The molecule has 1 aliphatic rings. The molecule has 19 heavy (non-hydrogen) atoms. The Kier molecular flexibility index (Phi) is 6.11. The van der Waals surface area contributed by atoms with E-state index in [0.717, 1.165) is 25.7 Å². The lowest BCUT2D eigenvalue weighted by Crippen LogP contribution is -2.48. The van der Waals surface area contributed by atoms with Crippen molar-refractivity contribution in [2.45, 2.75) is 38.6 Å². The van der Waals surface area contributed by atoms with Gasteiger partial charge in [-0.25, -0.2) is 4.79 Å². The van der Waals surface area contributed by atoms with Crippen LogP contribution in [0.5, 0.6) is 0 Å². The standard InChI is InChI=1S/C12H21N3O4/c1-2-15(9-5-3-4-6-9)12(19)14-7-10(16)13-8-11(17)18/h9H,2-8H2,1H3,(H,13,16)(H,14,19)(H,17,18). The third-order valence-electron chi connectivity index (χ3n) is 3.20. The maximum atomic E-state index is 11.9. The van der Waals surface area contributed by atoms with E-state index in [1.807, 2.05) is 6.92 Å². The van der Waals surface area contributed by atoms with Crippen molar-refractivity contribution in [2.24, 2.45) is 0 Å². The Morgan fingerprint density at radius 1 is 1.16 bits per heavy atom. The Labute approximate surface area is 112 Å². The lowest BCUT2D eigenvalue weighted by atomic mass is 10.2. The van der Waals surface area contributed by atoms with Gasteiger partial charge in [-0.15, -0.1) is 0 Å². The molecule has 0 aromatic carbocycles. The largest absolute Gasteiger partial charge is 0.480 e. The summed E-state index contributed by atoms with van der Waals surface area (Å²) in [5.74, 6) is -1.61. The zero-order valence-corrected chi connectivity index (χ0v) is 11.1. The molecule has 0 heterocycles. The van der Waals surface area contributed by atoms with Gasteiger partial charge in [0, 0.05) is 12.6 Å². The molecule has 0 unspecified atom stereocenters. The highest BCUT2D eigenvalue weighted by atomic mass is 16.4. The Hall–Kier alpha value is -1.79. The molecule has 3 N–H and O–H groups in total. The fourth-order valence-electron chi connectivity index (χ4n) is 2.28. The average molecular weight is 271 g/mol. The summed E-state index contributed by atoms with van der Waals surface area (Å²) in [6.07, 6.45) is 4.28. The quantitative estimate of drug-likeness (QED) is 0.641. The van der Waals surface area contributed by atoms with E-state index in [9.17, 15) is 14.4 Å². The van der Waals surface area contributed by atoms with Gasteiger partial charge in [0.05, 0.1) is 6.54 Å². The highest BCUT2D eigenvalue weighted by molar-refractivity contribution is 5.86. The van der Waals surface area contributed by atoms with E-state index in [-0.39, 0.29) is 18.6 Å². The van der Waals surface area contributed by atoms with Crippen LogP contribution in [0, 0.1) is 0 Å². The summed E-state index contributed by atoms with van der Waals surface area (Å²) in [7, 11) is 0. The van der Waals surface area contributed by atoms with Crippen molar-refractivity contribution < 1.29 is 19.5 Å². The Morgan fingerprint density at radius 3 is 2.32 bits per heavy atom. The number of carboxylic acid groups (broad SMARTS) is 1. The van der Waals surface area contributed by atoms with E-state index in [1.165, 1.54) is 0 Å². The van der Waals surface area contributed by atoms with E-state index >= 15 is 0 Å². The number of hydrogen-bond acceptors (Lipinski definition) is 3. The zero-order chi connectivity index (χ0) is 14.3. The van der Waals surface area contributed by atoms with Gasteiger partial charge in [-0.3, -0.25) is 9.59 Å². The second-order valence-electron chi connectivity index (χ2n) is 4.55. The molecule has 0 saturated heterocycles. The van der Waals surface area contributed by atoms with Crippen LogP contribution in [0.25, 0.3) is 0 Å². The number of rotatable bonds is 6. The average Bonchev–Trinajstić information content (AvgIpc) is 2.88. The molecule has 3 amide bonds. The summed E-state index contributed by atoms with van der Waals surface area (Å²) >= 11 is 0. The van der Waals surface area contributed by atoms with Gasteiger partial charge in [0.25, 0.3) is 0 Å². The zero-order valence-electron chi connectivity index (χ0n) is 11.1. The number of nitrogens with zero attached hydrogens (tertiary/aromatic N) is 1. The van der Waals surface area contributed by atoms with Crippen molar-refractivity contribution >= 4 is 17.9 Å².